The van der Waals surface area contributed by atoms with Gasteiger partial charge in [-0.25, -0.2) is 4.79 Å². The summed E-state index contributed by atoms with van der Waals surface area (Å²) in [7, 11) is 0. The molecule has 2 aromatic rings. The van der Waals surface area contributed by atoms with E-state index >= 15 is 0 Å². The van der Waals surface area contributed by atoms with Crippen molar-refractivity contribution in [3.8, 4) is 0 Å². The Balaban J connectivity index is 2.35. The zero-order valence-electron chi connectivity index (χ0n) is 22.0. The maximum Gasteiger partial charge on any atom is 0.408 e. The summed E-state index contributed by atoms with van der Waals surface area (Å²) < 4.78 is 5.31. The van der Waals surface area contributed by atoms with Gasteiger partial charge in [0, 0.05) is 13.1 Å². The molecule has 190 valence electrons. The molecule has 7 nitrogen and oxygen atoms in total. The lowest BCUT2D eigenvalue weighted by Crippen LogP contribution is -2.52. The molecule has 0 heterocycles. The fourth-order valence-electron chi connectivity index (χ4n) is 3.69. The third-order valence-corrected chi connectivity index (χ3v) is 5.57. The van der Waals surface area contributed by atoms with E-state index in [0.29, 0.717) is 19.5 Å². The monoisotopic (exact) mass is 481 g/mol. The molecule has 0 spiro atoms. The van der Waals surface area contributed by atoms with Crippen LogP contribution in [-0.2, 0) is 20.9 Å². The molecule has 35 heavy (non-hydrogen) atoms. The van der Waals surface area contributed by atoms with E-state index in [1.54, 1.807) is 32.6 Å². The molecule has 2 unspecified atom stereocenters. The Kier molecular flexibility index (Phi) is 9.87. The minimum absolute atomic E-state index is 0.275. The second-order valence-electron chi connectivity index (χ2n) is 9.85. The molecule has 2 aromatic carbocycles. The van der Waals surface area contributed by atoms with Gasteiger partial charge in [-0.3, -0.25) is 9.59 Å². The van der Waals surface area contributed by atoms with E-state index in [4.69, 9.17) is 4.74 Å². The molecule has 0 aromatic heterocycles. The first-order valence-corrected chi connectivity index (χ1v) is 12.1. The summed E-state index contributed by atoms with van der Waals surface area (Å²) in [6, 6.07) is 13.7. The Labute approximate surface area is 209 Å². The van der Waals surface area contributed by atoms with Crippen molar-refractivity contribution in [1.29, 1.82) is 0 Å². The van der Waals surface area contributed by atoms with Crippen LogP contribution in [0.15, 0.2) is 48.5 Å². The Morgan fingerprint density at radius 1 is 1.00 bits per heavy atom. The predicted octanol–water partition coefficient (Wildman–Crippen LogP) is 4.81. The minimum Gasteiger partial charge on any atom is -0.444 e. The largest absolute Gasteiger partial charge is 0.444 e. The molecule has 3 amide bonds. The van der Waals surface area contributed by atoms with Gasteiger partial charge in [0.25, 0.3) is 0 Å². The smallest absolute Gasteiger partial charge is 0.408 e. The van der Waals surface area contributed by atoms with Crippen LogP contribution in [0.4, 0.5) is 4.79 Å². The number of hydrogen-bond acceptors (Lipinski definition) is 4. The van der Waals surface area contributed by atoms with Crippen molar-refractivity contribution in [3.05, 3.63) is 70.8 Å². The molecule has 7 heteroatoms. The van der Waals surface area contributed by atoms with Crippen LogP contribution in [0.25, 0.3) is 0 Å². The van der Waals surface area contributed by atoms with Crippen molar-refractivity contribution in [3.63, 3.8) is 0 Å². The van der Waals surface area contributed by atoms with Crippen LogP contribution in [0.5, 0.6) is 0 Å². The van der Waals surface area contributed by atoms with Crippen LogP contribution in [-0.4, -0.2) is 41.0 Å². The van der Waals surface area contributed by atoms with Crippen molar-refractivity contribution in [2.45, 2.75) is 79.1 Å². The number of ether oxygens (including phenoxy) is 1. The summed E-state index contributed by atoms with van der Waals surface area (Å²) in [6.07, 6.45) is -0.0239. The molecule has 0 radical (unpaired) electrons. The van der Waals surface area contributed by atoms with Gasteiger partial charge in [-0.15, -0.1) is 0 Å². The average molecular weight is 482 g/mol. The maximum absolute atomic E-state index is 13.6. The number of alkyl carbamates (subject to hydrolysis) is 1. The van der Waals surface area contributed by atoms with E-state index in [0.717, 1.165) is 22.3 Å². The van der Waals surface area contributed by atoms with E-state index in [9.17, 15) is 14.4 Å². The molecule has 2 atom stereocenters. The first kappa shape index (κ1) is 27.9. The van der Waals surface area contributed by atoms with Crippen molar-refractivity contribution in [1.82, 2.24) is 15.5 Å². The van der Waals surface area contributed by atoms with Gasteiger partial charge < -0.3 is 20.3 Å². The Morgan fingerprint density at radius 2 is 1.66 bits per heavy atom. The number of nitrogens with zero attached hydrogens (tertiary/aromatic N) is 1. The lowest BCUT2D eigenvalue weighted by Gasteiger charge is -2.33. The quantitative estimate of drug-likeness (QED) is 0.538. The fraction of sp³-hybridized carbons (Fsp3) is 0.464. The zero-order chi connectivity index (χ0) is 26.2. The number of rotatable bonds is 9. The Morgan fingerprint density at radius 3 is 2.23 bits per heavy atom. The molecule has 2 N–H and O–H groups in total. The van der Waals surface area contributed by atoms with Gasteiger partial charge in [0.15, 0.2) is 0 Å². The number of benzene rings is 2. The van der Waals surface area contributed by atoms with Crippen molar-refractivity contribution in [2.24, 2.45) is 0 Å². The van der Waals surface area contributed by atoms with Gasteiger partial charge in [0.05, 0.1) is 0 Å². The summed E-state index contributed by atoms with van der Waals surface area (Å²) in [5.74, 6) is -0.626. The summed E-state index contributed by atoms with van der Waals surface area (Å²) in [5.41, 5.74) is 3.14. The van der Waals surface area contributed by atoms with Gasteiger partial charge in [0.2, 0.25) is 11.8 Å². The van der Waals surface area contributed by atoms with Crippen LogP contribution in [0.2, 0.25) is 0 Å². The standard InChI is InChI=1S/C28H39N3O4/c1-8-16-31(26(33)21(4)30-27(34)35-28(5,6)7)24(23-15-14-19(2)20(3)17-23)25(32)29-18-22-12-10-9-11-13-22/h9-15,17,21,24H,8,16,18H2,1-7H3,(H,29,32)(H,30,34). The van der Waals surface area contributed by atoms with Gasteiger partial charge in [-0.1, -0.05) is 55.5 Å². The fourth-order valence-corrected chi connectivity index (χ4v) is 3.69. The number of carbonyl (C=O) groups is 3. The van der Waals surface area contributed by atoms with Crippen LogP contribution in [0.1, 0.15) is 69.3 Å². The molecular weight excluding hydrogens is 442 g/mol. The second-order valence-corrected chi connectivity index (χ2v) is 9.85. The molecule has 0 aliphatic heterocycles. The highest BCUT2D eigenvalue weighted by Gasteiger charge is 2.34. The average Bonchev–Trinajstić information content (AvgIpc) is 2.78. The number of amides is 3. The summed E-state index contributed by atoms with van der Waals surface area (Å²) in [4.78, 5) is 40.9. The van der Waals surface area contributed by atoms with Gasteiger partial charge in [-0.05, 0) is 70.2 Å². The lowest BCUT2D eigenvalue weighted by atomic mass is 9.98. The molecule has 2 rings (SSSR count). The molecular formula is C28H39N3O4. The highest BCUT2D eigenvalue weighted by atomic mass is 16.6. The van der Waals surface area contributed by atoms with Crippen molar-refractivity contribution in [2.75, 3.05) is 6.54 Å². The van der Waals surface area contributed by atoms with Crippen molar-refractivity contribution >= 4 is 17.9 Å². The van der Waals surface area contributed by atoms with E-state index < -0.39 is 23.8 Å². The third-order valence-electron chi connectivity index (χ3n) is 5.57. The Bertz CT molecular complexity index is 1010. The maximum atomic E-state index is 13.6. The van der Waals surface area contributed by atoms with Crippen LogP contribution in [0, 0.1) is 13.8 Å². The van der Waals surface area contributed by atoms with E-state index in [2.05, 4.69) is 10.6 Å². The highest BCUT2D eigenvalue weighted by molar-refractivity contribution is 5.92. The third kappa shape index (κ3) is 8.42. The first-order valence-electron chi connectivity index (χ1n) is 12.1. The molecule has 0 aliphatic rings. The minimum atomic E-state index is -0.868. The molecule has 0 saturated heterocycles. The van der Waals surface area contributed by atoms with E-state index in [1.165, 1.54) is 0 Å². The van der Waals surface area contributed by atoms with Gasteiger partial charge in [0.1, 0.15) is 17.7 Å². The van der Waals surface area contributed by atoms with Crippen LogP contribution in [0.3, 0.4) is 0 Å². The number of aryl methyl sites for hydroxylation is 2. The van der Waals surface area contributed by atoms with Crippen LogP contribution < -0.4 is 10.6 Å². The number of carbonyl (C=O) groups excluding carboxylic acids is 3. The number of nitrogens with one attached hydrogen (secondary N) is 2. The summed E-state index contributed by atoms with van der Waals surface area (Å²) in [6.45, 7) is 13.5. The highest BCUT2D eigenvalue weighted by Crippen LogP contribution is 2.25. The predicted molar refractivity (Wildman–Crippen MR) is 138 cm³/mol. The SMILES string of the molecule is CCCN(C(=O)C(C)NC(=O)OC(C)(C)C)C(C(=O)NCc1ccccc1)c1ccc(C)c(C)c1. The van der Waals surface area contributed by atoms with Crippen LogP contribution >= 0.6 is 0 Å². The summed E-state index contributed by atoms with van der Waals surface area (Å²) in [5, 5.41) is 5.61. The zero-order valence-corrected chi connectivity index (χ0v) is 22.0. The normalized spacial score (nSPS) is 12.9. The van der Waals surface area contributed by atoms with Gasteiger partial charge in [-0.2, -0.15) is 0 Å². The first-order chi connectivity index (χ1) is 16.4. The molecule has 0 fully saturated rings. The van der Waals surface area contributed by atoms with Crippen molar-refractivity contribution < 1.29 is 19.1 Å². The Hall–Kier alpha value is -3.35. The van der Waals surface area contributed by atoms with E-state index in [1.807, 2.05) is 69.3 Å². The topological polar surface area (TPSA) is 87.7 Å². The molecule has 0 saturated carbocycles. The second kappa shape index (κ2) is 12.4. The van der Waals surface area contributed by atoms with Gasteiger partial charge >= 0.3 is 6.09 Å². The molecule has 0 aliphatic carbocycles. The lowest BCUT2D eigenvalue weighted by molar-refractivity contribution is -0.142. The van der Waals surface area contributed by atoms with E-state index in [-0.39, 0.29) is 11.8 Å². The molecule has 0 bridgehead atoms. The summed E-state index contributed by atoms with van der Waals surface area (Å²) >= 11 is 0. The number of hydrogen-bond donors (Lipinski definition) is 2.